The number of ether oxygens (including phenoxy) is 1. The molecule has 0 spiro atoms. The van der Waals surface area contributed by atoms with E-state index in [0.29, 0.717) is 6.61 Å². The zero-order valence-electron chi connectivity index (χ0n) is 11.1. The fourth-order valence-electron chi connectivity index (χ4n) is 0.889. The number of rotatable bonds is 2. The minimum absolute atomic E-state index is 0. The van der Waals surface area contributed by atoms with Gasteiger partial charge in [0.05, 0.1) is 0 Å². The molecule has 0 aliphatic rings. The summed E-state index contributed by atoms with van der Waals surface area (Å²) in [5.74, 6) is 0. The standard InChI is InChI=1S/C8H9O.C4H3S.CN.Cu.2Li/c1-9-7-8-5-3-2-4-6-8;1-2-4-5-3-1;1-2;;;/h2-6H,1,7H2;1-3H;;;;/q3*-1;3*+1. The van der Waals surface area contributed by atoms with E-state index < -0.39 is 0 Å². The van der Waals surface area contributed by atoms with Crippen LogP contribution < -0.4 is 37.7 Å². The van der Waals surface area contributed by atoms with Gasteiger partial charge < -0.3 is 27.9 Å². The summed E-state index contributed by atoms with van der Waals surface area (Å²) in [4.78, 5) is 0. The van der Waals surface area contributed by atoms with Gasteiger partial charge in [-0.3, -0.25) is 0 Å². The SMILES string of the molecule is [C-]#N.[CH2-]OCc1ccccc1.[Cu+].[Li+].[Li+].[c-]1cccs1. The first-order valence-corrected chi connectivity index (χ1v) is 5.34. The van der Waals surface area contributed by atoms with Crippen LogP contribution in [0.4, 0.5) is 0 Å². The molecule has 6 heteroatoms. The quantitative estimate of drug-likeness (QED) is 0.460. The van der Waals surface area contributed by atoms with Gasteiger partial charge in [-0.15, -0.1) is 5.38 Å². The Labute approximate surface area is 154 Å². The van der Waals surface area contributed by atoms with Crippen molar-refractivity contribution < 1.29 is 59.5 Å². The fraction of sp³-hybridized carbons (Fsp3) is 0.0769. The van der Waals surface area contributed by atoms with Crippen LogP contribution in [0.25, 0.3) is 0 Å². The second-order valence-corrected chi connectivity index (χ2v) is 3.31. The molecule has 0 saturated carbocycles. The summed E-state index contributed by atoms with van der Waals surface area (Å²) in [5, 5.41) is 11.1. The van der Waals surface area contributed by atoms with E-state index in [1.54, 1.807) is 11.3 Å². The molecule has 0 fully saturated rings. The van der Waals surface area contributed by atoms with Crippen molar-refractivity contribution in [3.63, 3.8) is 0 Å². The summed E-state index contributed by atoms with van der Waals surface area (Å²) in [5.41, 5.74) is 1.16. The second kappa shape index (κ2) is 23.2. The van der Waals surface area contributed by atoms with E-state index in [1.807, 2.05) is 47.8 Å². The van der Waals surface area contributed by atoms with E-state index in [9.17, 15) is 0 Å². The van der Waals surface area contributed by atoms with Gasteiger partial charge >= 0.3 is 54.8 Å². The van der Waals surface area contributed by atoms with Crippen molar-refractivity contribution in [1.82, 2.24) is 0 Å². The molecule has 19 heavy (non-hydrogen) atoms. The van der Waals surface area contributed by atoms with Crippen LogP contribution in [0.2, 0.25) is 0 Å². The van der Waals surface area contributed by atoms with Crippen LogP contribution in [-0.4, -0.2) is 0 Å². The first-order chi connectivity index (χ1) is 7.93. The topological polar surface area (TPSA) is 33.0 Å². The van der Waals surface area contributed by atoms with Crippen LogP contribution in [0, 0.1) is 24.3 Å². The average molecular weight is 308 g/mol. The summed E-state index contributed by atoms with van der Waals surface area (Å²) in [6, 6.07) is 13.8. The third kappa shape index (κ3) is 18.1. The van der Waals surface area contributed by atoms with E-state index in [1.165, 1.54) is 0 Å². The van der Waals surface area contributed by atoms with Crippen LogP contribution >= 0.6 is 11.3 Å². The van der Waals surface area contributed by atoms with E-state index in [-0.39, 0.29) is 54.8 Å². The normalized spacial score (nSPS) is 6.68. The summed E-state index contributed by atoms with van der Waals surface area (Å²) in [7, 11) is 3.28. The molecule has 0 bridgehead atoms. The Balaban J connectivity index is -0.0000000987. The van der Waals surface area contributed by atoms with Crippen molar-refractivity contribution in [3.05, 3.63) is 72.5 Å². The minimum Gasteiger partial charge on any atom is -0.552 e. The first-order valence-electron chi connectivity index (χ1n) is 4.46. The molecule has 1 aromatic heterocycles. The predicted molar refractivity (Wildman–Crippen MR) is 64.7 cm³/mol. The largest absolute Gasteiger partial charge is 1.00 e. The van der Waals surface area contributed by atoms with Gasteiger partial charge in [0.25, 0.3) is 0 Å². The Hall–Kier alpha value is 0.0843. The number of hydrogen-bond acceptors (Lipinski definition) is 3. The molecule has 0 atom stereocenters. The second-order valence-electron chi connectivity index (χ2n) is 2.56. The molecular weight excluding hydrogens is 296 g/mol. The molecule has 2 aromatic rings. The summed E-state index contributed by atoms with van der Waals surface area (Å²) >= 11 is 1.59. The van der Waals surface area contributed by atoms with Gasteiger partial charge in [0.1, 0.15) is 0 Å². The van der Waals surface area contributed by atoms with Crippen molar-refractivity contribution in [1.29, 1.82) is 5.26 Å². The average Bonchev–Trinajstić information content (AvgIpc) is 2.92. The number of nitrogens with zero attached hydrogens (tertiary/aromatic N) is 1. The first kappa shape index (κ1) is 27.4. The van der Waals surface area contributed by atoms with Crippen molar-refractivity contribution in [2.45, 2.75) is 6.61 Å². The maximum atomic E-state index is 6.25. The molecule has 0 unspecified atom stereocenters. The molecule has 0 aliphatic carbocycles. The van der Waals surface area contributed by atoms with E-state index in [4.69, 9.17) is 11.8 Å². The summed E-state index contributed by atoms with van der Waals surface area (Å²) < 4.78 is 4.68. The van der Waals surface area contributed by atoms with E-state index in [0.717, 1.165) is 5.56 Å². The van der Waals surface area contributed by atoms with Gasteiger partial charge in [-0.2, -0.15) is 11.4 Å². The maximum absolute atomic E-state index is 6.25. The zero-order chi connectivity index (χ0) is 12.1. The number of benzene rings is 1. The Morgan fingerprint density at radius 1 is 1.16 bits per heavy atom. The van der Waals surface area contributed by atoms with Gasteiger partial charge in [0.2, 0.25) is 0 Å². The van der Waals surface area contributed by atoms with Crippen LogP contribution in [0.3, 0.4) is 0 Å². The van der Waals surface area contributed by atoms with Crippen molar-refractivity contribution in [3.8, 4) is 0 Å². The molecule has 94 valence electrons. The molecule has 0 N–H and O–H groups in total. The van der Waals surface area contributed by atoms with Crippen LogP contribution in [0.5, 0.6) is 0 Å². The van der Waals surface area contributed by atoms with Crippen molar-refractivity contribution >= 4 is 11.3 Å². The minimum atomic E-state index is 0. The molecule has 0 aliphatic heterocycles. The maximum Gasteiger partial charge on any atom is 1.00 e. The van der Waals surface area contributed by atoms with Gasteiger partial charge in [-0.05, 0) is 5.56 Å². The summed E-state index contributed by atoms with van der Waals surface area (Å²) in [6.07, 6.45) is 0. The third-order valence-electron chi connectivity index (χ3n) is 1.49. The molecule has 2 nitrogen and oxygen atoms in total. The molecule has 0 saturated heterocycles. The molecule has 1 heterocycles. The Morgan fingerprint density at radius 3 is 2.05 bits per heavy atom. The van der Waals surface area contributed by atoms with Crippen LogP contribution in [0.1, 0.15) is 5.56 Å². The smallest absolute Gasteiger partial charge is 0.552 e. The Kier molecular flexibility index (Phi) is 33.5. The molecule has 0 radical (unpaired) electrons. The van der Waals surface area contributed by atoms with Gasteiger partial charge in [-0.1, -0.05) is 30.3 Å². The van der Waals surface area contributed by atoms with E-state index in [2.05, 4.69) is 17.2 Å². The van der Waals surface area contributed by atoms with Gasteiger partial charge in [-0.25, -0.2) is 13.2 Å². The van der Waals surface area contributed by atoms with Gasteiger partial charge in [0.15, 0.2) is 0 Å². The molecular formula is C13H12CuLi2NOS. The van der Waals surface area contributed by atoms with E-state index >= 15 is 0 Å². The fourth-order valence-corrected chi connectivity index (χ4v) is 1.28. The number of thiophene rings is 1. The molecule has 2 rings (SSSR count). The summed E-state index contributed by atoms with van der Waals surface area (Å²) in [6.45, 7) is 5.35. The van der Waals surface area contributed by atoms with Gasteiger partial charge in [0, 0.05) is 6.61 Å². The van der Waals surface area contributed by atoms with Crippen molar-refractivity contribution in [2.75, 3.05) is 0 Å². The molecule has 0 amide bonds. The monoisotopic (exact) mass is 307 g/mol. The molecule has 1 aromatic carbocycles. The zero-order valence-corrected chi connectivity index (χ0v) is 12.9. The Morgan fingerprint density at radius 2 is 1.74 bits per heavy atom. The van der Waals surface area contributed by atoms with Crippen LogP contribution in [0.15, 0.2) is 47.8 Å². The van der Waals surface area contributed by atoms with Crippen molar-refractivity contribution in [2.24, 2.45) is 0 Å². The number of hydrogen-bond donors (Lipinski definition) is 0. The Bertz CT molecular complexity index is 340. The predicted octanol–water partition coefficient (Wildman–Crippen LogP) is -2.36. The third-order valence-corrected chi connectivity index (χ3v) is 2.06. The van der Waals surface area contributed by atoms with Crippen LogP contribution in [-0.2, 0) is 28.4 Å².